The number of ether oxygens (including phenoxy) is 2. The number of anilines is 1. The van der Waals surface area contributed by atoms with Crippen LogP contribution in [0.5, 0.6) is 11.5 Å². The number of carbonyl (C=O) groups is 1. The summed E-state index contributed by atoms with van der Waals surface area (Å²) in [6.45, 7) is 5.37. The van der Waals surface area contributed by atoms with E-state index in [4.69, 9.17) is 19.5 Å². The molecule has 24 heavy (non-hydrogen) atoms. The Kier molecular flexibility index (Phi) is 5.48. The monoisotopic (exact) mass is 329 g/mol. The minimum absolute atomic E-state index is 0.377. The Hall–Kier alpha value is -2.51. The molecule has 0 aliphatic heterocycles. The van der Waals surface area contributed by atoms with Crippen LogP contribution in [0.1, 0.15) is 20.8 Å². The van der Waals surface area contributed by atoms with Crippen molar-refractivity contribution in [2.75, 3.05) is 5.32 Å². The van der Waals surface area contributed by atoms with Gasteiger partial charge in [-0.25, -0.2) is 4.79 Å². The molecule has 0 bridgehead atoms. The molecule has 0 spiro atoms. The summed E-state index contributed by atoms with van der Waals surface area (Å²) >= 11 is 0. The number of carbonyl (C=O) groups excluding carboxylic acids is 1. The SMILES string of the molecule is CC(C)(C)OC(=O)Nc1cccc(Oc2ccc(B(O)O)cc2)c1. The summed E-state index contributed by atoms with van der Waals surface area (Å²) < 4.78 is 10.9. The largest absolute Gasteiger partial charge is 0.488 e. The van der Waals surface area contributed by atoms with E-state index in [0.29, 0.717) is 22.6 Å². The summed E-state index contributed by atoms with van der Waals surface area (Å²) in [6.07, 6.45) is -0.541. The van der Waals surface area contributed by atoms with Crippen LogP contribution in [0.2, 0.25) is 0 Å². The van der Waals surface area contributed by atoms with Gasteiger partial charge in [0.2, 0.25) is 0 Å². The summed E-state index contributed by atoms with van der Waals surface area (Å²) in [5.41, 5.74) is 0.351. The number of rotatable bonds is 4. The fourth-order valence-electron chi connectivity index (χ4n) is 1.90. The summed E-state index contributed by atoms with van der Waals surface area (Å²) in [5, 5.41) is 20.8. The van der Waals surface area contributed by atoms with E-state index < -0.39 is 18.8 Å². The van der Waals surface area contributed by atoms with Gasteiger partial charge in [-0.3, -0.25) is 5.32 Å². The predicted molar refractivity (Wildman–Crippen MR) is 92.6 cm³/mol. The molecular weight excluding hydrogens is 309 g/mol. The van der Waals surface area contributed by atoms with Gasteiger partial charge in [-0.2, -0.15) is 0 Å². The molecule has 0 atom stereocenters. The third kappa shape index (κ3) is 5.60. The Morgan fingerprint density at radius 1 is 1.04 bits per heavy atom. The molecule has 0 radical (unpaired) electrons. The Balaban J connectivity index is 2.03. The van der Waals surface area contributed by atoms with Gasteiger partial charge in [-0.15, -0.1) is 0 Å². The Labute approximate surface area is 141 Å². The van der Waals surface area contributed by atoms with Gasteiger partial charge in [-0.05, 0) is 50.5 Å². The van der Waals surface area contributed by atoms with Crippen molar-refractivity contribution in [3.05, 3.63) is 48.5 Å². The minimum Gasteiger partial charge on any atom is -0.457 e. The molecule has 7 heteroatoms. The number of benzene rings is 2. The van der Waals surface area contributed by atoms with Crippen molar-refractivity contribution in [3.8, 4) is 11.5 Å². The fraction of sp³-hybridized carbons (Fsp3) is 0.235. The summed E-state index contributed by atoms with van der Waals surface area (Å²) in [6, 6.07) is 13.3. The smallest absolute Gasteiger partial charge is 0.457 e. The Morgan fingerprint density at radius 3 is 2.29 bits per heavy atom. The second kappa shape index (κ2) is 7.38. The van der Waals surface area contributed by atoms with Crippen molar-refractivity contribution in [2.45, 2.75) is 26.4 Å². The first kappa shape index (κ1) is 17.8. The van der Waals surface area contributed by atoms with Crippen molar-refractivity contribution in [3.63, 3.8) is 0 Å². The first-order chi connectivity index (χ1) is 11.2. The highest BCUT2D eigenvalue weighted by molar-refractivity contribution is 6.58. The van der Waals surface area contributed by atoms with Crippen LogP contribution in [0.3, 0.4) is 0 Å². The molecule has 0 saturated carbocycles. The number of nitrogens with one attached hydrogen (secondary N) is 1. The molecule has 2 rings (SSSR count). The highest BCUT2D eigenvalue weighted by atomic mass is 16.6. The van der Waals surface area contributed by atoms with Gasteiger partial charge in [0.05, 0.1) is 0 Å². The van der Waals surface area contributed by atoms with Crippen LogP contribution in [0.15, 0.2) is 48.5 Å². The van der Waals surface area contributed by atoms with Crippen LogP contribution in [0, 0.1) is 0 Å². The number of hydrogen-bond donors (Lipinski definition) is 3. The first-order valence-corrected chi connectivity index (χ1v) is 7.47. The normalized spacial score (nSPS) is 10.9. The van der Waals surface area contributed by atoms with Gasteiger partial charge in [-0.1, -0.05) is 18.2 Å². The van der Waals surface area contributed by atoms with Crippen molar-refractivity contribution in [1.29, 1.82) is 0 Å². The lowest BCUT2D eigenvalue weighted by Crippen LogP contribution is -2.29. The van der Waals surface area contributed by atoms with E-state index in [9.17, 15) is 4.79 Å². The lowest BCUT2D eigenvalue weighted by molar-refractivity contribution is 0.0636. The highest BCUT2D eigenvalue weighted by Crippen LogP contribution is 2.24. The molecule has 126 valence electrons. The third-order valence-electron chi connectivity index (χ3n) is 2.89. The first-order valence-electron chi connectivity index (χ1n) is 7.47. The molecule has 6 nitrogen and oxygen atoms in total. The second-order valence-corrected chi connectivity index (χ2v) is 6.20. The summed E-state index contributed by atoms with van der Waals surface area (Å²) in [7, 11) is -1.51. The van der Waals surface area contributed by atoms with E-state index in [0.717, 1.165) is 0 Å². The highest BCUT2D eigenvalue weighted by Gasteiger charge is 2.16. The zero-order valence-corrected chi connectivity index (χ0v) is 13.8. The molecule has 0 aromatic heterocycles. The maximum absolute atomic E-state index is 11.8. The molecule has 0 heterocycles. The van der Waals surface area contributed by atoms with Crippen molar-refractivity contribution >= 4 is 24.4 Å². The van der Waals surface area contributed by atoms with Crippen molar-refractivity contribution in [1.82, 2.24) is 0 Å². The van der Waals surface area contributed by atoms with Crippen LogP contribution in [0.25, 0.3) is 0 Å². The molecule has 0 aliphatic rings. The molecule has 0 aliphatic carbocycles. The Morgan fingerprint density at radius 2 is 1.71 bits per heavy atom. The zero-order valence-electron chi connectivity index (χ0n) is 13.8. The lowest BCUT2D eigenvalue weighted by atomic mass is 9.80. The van der Waals surface area contributed by atoms with Gasteiger partial charge < -0.3 is 19.5 Å². The Bertz CT molecular complexity index is 695. The maximum Gasteiger partial charge on any atom is 0.488 e. The van der Waals surface area contributed by atoms with E-state index in [2.05, 4.69) is 5.32 Å². The quantitative estimate of drug-likeness (QED) is 0.750. The topological polar surface area (TPSA) is 88.0 Å². The molecule has 0 unspecified atom stereocenters. The average Bonchev–Trinajstić information content (AvgIpc) is 2.46. The van der Waals surface area contributed by atoms with Gasteiger partial charge in [0, 0.05) is 11.8 Å². The van der Waals surface area contributed by atoms with E-state index >= 15 is 0 Å². The van der Waals surface area contributed by atoms with Crippen LogP contribution < -0.4 is 15.5 Å². The van der Waals surface area contributed by atoms with Crippen molar-refractivity contribution < 1.29 is 24.3 Å². The summed E-state index contributed by atoms with van der Waals surface area (Å²) in [4.78, 5) is 11.8. The van der Waals surface area contributed by atoms with E-state index in [1.807, 2.05) is 0 Å². The van der Waals surface area contributed by atoms with Crippen LogP contribution in [0.4, 0.5) is 10.5 Å². The average molecular weight is 329 g/mol. The molecular formula is C17H20BNO5. The van der Waals surface area contributed by atoms with Crippen molar-refractivity contribution in [2.24, 2.45) is 0 Å². The van der Waals surface area contributed by atoms with E-state index in [-0.39, 0.29) is 0 Å². The third-order valence-corrected chi connectivity index (χ3v) is 2.89. The zero-order chi connectivity index (χ0) is 17.7. The van der Waals surface area contributed by atoms with Gasteiger partial charge in [0.15, 0.2) is 0 Å². The van der Waals surface area contributed by atoms with E-state index in [1.165, 1.54) is 0 Å². The molecule has 1 amide bonds. The summed E-state index contributed by atoms with van der Waals surface area (Å²) in [5.74, 6) is 1.06. The van der Waals surface area contributed by atoms with Gasteiger partial charge in [0.1, 0.15) is 17.1 Å². The molecule has 3 N–H and O–H groups in total. The predicted octanol–water partition coefficient (Wildman–Crippen LogP) is 2.51. The number of hydrogen-bond acceptors (Lipinski definition) is 5. The van der Waals surface area contributed by atoms with Gasteiger partial charge in [0.25, 0.3) is 0 Å². The van der Waals surface area contributed by atoms with Crippen LogP contribution >= 0.6 is 0 Å². The van der Waals surface area contributed by atoms with Crippen LogP contribution in [-0.2, 0) is 4.74 Å². The molecule has 0 saturated heterocycles. The lowest BCUT2D eigenvalue weighted by Gasteiger charge is -2.19. The minimum atomic E-state index is -1.51. The standard InChI is InChI=1S/C17H20BNO5/c1-17(2,3)24-16(20)19-13-5-4-6-15(11-13)23-14-9-7-12(8-10-14)18(21)22/h4-11,21-22H,1-3H3,(H,19,20). The van der Waals surface area contributed by atoms with Crippen LogP contribution in [-0.4, -0.2) is 28.9 Å². The molecule has 0 fully saturated rings. The molecule has 2 aromatic rings. The second-order valence-electron chi connectivity index (χ2n) is 6.20. The number of amides is 1. The fourth-order valence-corrected chi connectivity index (χ4v) is 1.90. The maximum atomic E-state index is 11.8. The van der Waals surface area contributed by atoms with E-state index in [1.54, 1.807) is 69.3 Å². The van der Waals surface area contributed by atoms with Gasteiger partial charge >= 0.3 is 13.2 Å². The molecule has 2 aromatic carbocycles.